The average Bonchev–Trinajstić information content (AvgIpc) is 2.62. The van der Waals surface area contributed by atoms with Gasteiger partial charge in [0, 0.05) is 25.2 Å². The van der Waals surface area contributed by atoms with E-state index in [1.54, 1.807) is 6.07 Å². The first-order valence-electron chi connectivity index (χ1n) is 5.88. The van der Waals surface area contributed by atoms with Gasteiger partial charge in [0.15, 0.2) is 0 Å². The van der Waals surface area contributed by atoms with Gasteiger partial charge < -0.3 is 15.5 Å². The van der Waals surface area contributed by atoms with Gasteiger partial charge in [0.1, 0.15) is 11.5 Å². The van der Waals surface area contributed by atoms with Crippen LogP contribution in [0.5, 0.6) is 0 Å². The van der Waals surface area contributed by atoms with E-state index in [1.807, 2.05) is 4.90 Å². The predicted octanol–water partition coefficient (Wildman–Crippen LogP) is 0.158. The lowest BCUT2D eigenvalue weighted by Gasteiger charge is -2.27. The SMILES string of the molecule is CC1CN(C)CCCN1C(=O)c1cc(N)n[nH]1. The molecule has 94 valence electrons. The lowest BCUT2D eigenvalue weighted by molar-refractivity contribution is 0.0690. The molecule has 1 aromatic rings. The Morgan fingerprint density at radius 3 is 3.00 bits per heavy atom. The van der Waals surface area contributed by atoms with E-state index in [0.29, 0.717) is 11.5 Å². The van der Waals surface area contributed by atoms with Crippen LogP contribution in [0, 0.1) is 0 Å². The number of H-pyrrole nitrogens is 1. The summed E-state index contributed by atoms with van der Waals surface area (Å²) in [4.78, 5) is 16.4. The molecule has 1 aliphatic heterocycles. The number of carbonyl (C=O) groups excluding carboxylic acids is 1. The van der Waals surface area contributed by atoms with Crippen LogP contribution in [-0.2, 0) is 0 Å². The summed E-state index contributed by atoms with van der Waals surface area (Å²) >= 11 is 0. The summed E-state index contributed by atoms with van der Waals surface area (Å²) in [6.07, 6.45) is 0.996. The number of aromatic amines is 1. The number of hydrogen-bond acceptors (Lipinski definition) is 4. The second-order valence-electron chi connectivity index (χ2n) is 4.67. The van der Waals surface area contributed by atoms with Gasteiger partial charge in [0.2, 0.25) is 0 Å². The molecular formula is C11H19N5O. The van der Waals surface area contributed by atoms with Crippen molar-refractivity contribution < 1.29 is 4.79 Å². The molecule has 6 nitrogen and oxygen atoms in total. The zero-order chi connectivity index (χ0) is 12.4. The molecule has 1 fully saturated rings. The number of hydrogen-bond donors (Lipinski definition) is 2. The molecule has 0 aromatic carbocycles. The largest absolute Gasteiger partial charge is 0.382 e. The third kappa shape index (κ3) is 2.58. The Bertz CT molecular complexity index is 402. The van der Waals surface area contributed by atoms with Crippen molar-refractivity contribution >= 4 is 11.7 Å². The van der Waals surface area contributed by atoms with E-state index < -0.39 is 0 Å². The van der Waals surface area contributed by atoms with E-state index in [2.05, 4.69) is 29.1 Å². The number of nitrogens with two attached hydrogens (primary N) is 1. The van der Waals surface area contributed by atoms with Crippen LogP contribution in [-0.4, -0.2) is 58.6 Å². The summed E-state index contributed by atoms with van der Waals surface area (Å²) in [6.45, 7) is 4.78. The fourth-order valence-corrected chi connectivity index (χ4v) is 2.28. The minimum Gasteiger partial charge on any atom is -0.382 e. The minimum atomic E-state index is -0.0167. The Labute approximate surface area is 101 Å². The van der Waals surface area contributed by atoms with E-state index in [9.17, 15) is 4.79 Å². The molecule has 2 heterocycles. The van der Waals surface area contributed by atoms with E-state index in [-0.39, 0.29) is 11.9 Å². The van der Waals surface area contributed by atoms with E-state index in [0.717, 1.165) is 26.1 Å². The van der Waals surface area contributed by atoms with Gasteiger partial charge in [-0.2, -0.15) is 5.10 Å². The highest BCUT2D eigenvalue weighted by Gasteiger charge is 2.25. The normalized spacial score (nSPS) is 22.5. The Morgan fingerprint density at radius 1 is 1.59 bits per heavy atom. The smallest absolute Gasteiger partial charge is 0.272 e. The highest BCUT2D eigenvalue weighted by atomic mass is 16.2. The summed E-state index contributed by atoms with van der Waals surface area (Å²) in [6, 6.07) is 1.79. The highest BCUT2D eigenvalue weighted by Crippen LogP contribution is 2.13. The molecule has 1 unspecified atom stereocenters. The van der Waals surface area contributed by atoms with Gasteiger partial charge in [-0.25, -0.2) is 0 Å². The van der Waals surface area contributed by atoms with Gasteiger partial charge in [-0.3, -0.25) is 9.89 Å². The van der Waals surface area contributed by atoms with Crippen LogP contribution >= 0.6 is 0 Å². The van der Waals surface area contributed by atoms with Crippen LogP contribution in [0.4, 0.5) is 5.82 Å². The van der Waals surface area contributed by atoms with Crippen LogP contribution < -0.4 is 5.73 Å². The van der Waals surface area contributed by atoms with Crippen molar-refractivity contribution in [1.82, 2.24) is 20.0 Å². The first kappa shape index (κ1) is 11.9. The maximum atomic E-state index is 12.3. The molecule has 0 radical (unpaired) electrons. The number of anilines is 1. The van der Waals surface area contributed by atoms with Gasteiger partial charge in [0.25, 0.3) is 5.91 Å². The fourth-order valence-electron chi connectivity index (χ4n) is 2.28. The van der Waals surface area contributed by atoms with E-state index in [4.69, 9.17) is 5.73 Å². The quantitative estimate of drug-likeness (QED) is 0.729. The lowest BCUT2D eigenvalue weighted by Crippen LogP contribution is -2.42. The molecule has 0 aliphatic carbocycles. The molecule has 1 aromatic heterocycles. The third-order valence-corrected chi connectivity index (χ3v) is 3.14. The molecule has 0 bridgehead atoms. The molecule has 1 amide bonds. The topological polar surface area (TPSA) is 78.2 Å². The number of rotatable bonds is 1. The monoisotopic (exact) mass is 237 g/mol. The van der Waals surface area contributed by atoms with Crippen molar-refractivity contribution in [2.75, 3.05) is 32.4 Å². The Balaban J connectivity index is 2.12. The molecule has 6 heteroatoms. The van der Waals surface area contributed by atoms with Crippen molar-refractivity contribution in [2.24, 2.45) is 0 Å². The Morgan fingerprint density at radius 2 is 2.35 bits per heavy atom. The zero-order valence-corrected chi connectivity index (χ0v) is 10.3. The molecule has 0 spiro atoms. The summed E-state index contributed by atoms with van der Waals surface area (Å²) in [7, 11) is 2.08. The molecule has 17 heavy (non-hydrogen) atoms. The Hall–Kier alpha value is -1.56. The molecule has 3 N–H and O–H groups in total. The second-order valence-corrected chi connectivity index (χ2v) is 4.67. The number of nitrogen functional groups attached to an aromatic ring is 1. The van der Waals surface area contributed by atoms with Crippen LogP contribution in [0.15, 0.2) is 6.07 Å². The first-order valence-corrected chi connectivity index (χ1v) is 5.88. The van der Waals surface area contributed by atoms with Crippen molar-refractivity contribution in [3.8, 4) is 0 Å². The lowest BCUT2D eigenvalue weighted by atomic mass is 10.2. The molecule has 1 aliphatic rings. The van der Waals surface area contributed by atoms with Crippen molar-refractivity contribution in [3.63, 3.8) is 0 Å². The number of likely N-dealkylation sites (N-methyl/N-ethyl adjacent to an activating group) is 1. The summed E-state index contributed by atoms with van der Waals surface area (Å²) < 4.78 is 0. The second kappa shape index (κ2) is 4.75. The number of carbonyl (C=O) groups is 1. The summed E-state index contributed by atoms with van der Waals surface area (Å²) in [5.41, 5.74) is 5.98. The zero-order valence-electron chi connectivity index (χ0n) is 10.3. The fraction of sp³-hybridized carbons (Fsp3) is 0.636. The molecule has 2 rings (SSSR count). The van der Waals surface area contributed by atoms with Gasteiger partial charge in [-0.15, -0.1) is 0 Å². The van der Waals surface area contributed by atoms with Gasteiger partial charge in [-0.05, 0) is 26.9 Å². The molecular weight excluding hydrogens is 218 g/mol. The van der Waals surface area contributed by atoms with E-state index >= 15 is 0 Å². The van der Waals surface area contributed by atoms with Gasteiger partial charge in [0.05, 0.1) is 0 Å². The Kier molecular flexibility index (Phi) is 3.33. The molecule has 0 saturated carbocycles. The third-order valence-electron chi connectivity index (χ3n) is 3.14. The molecule has 1 atom stereocenters. The van der Waals surface area contributed by atoms with Gasteiger partial charge in [-0.1, -0.05) is 0 Å². The van der Waals surface area contributed by atoms with Crippen molar-refractivity contribution in [1.29, 1.82) is 0 Å². The first-order chi connectivity index (χ1) is 8.08. The summed E-state index contributed by atoms with van der Waals surface area (Å²) in [5, 5.41) is 6.47. The van der Waals surface area contributed by atoms with Crippen molar-refractivity contribution in [2.45, 2.75) is 19.4 Å². The number of nitrogens with one attached hydrogen (secondary N) is 1. The van der Waals surface area contributed by atoms with Gasteiger partial charge >= 0.3 is 0 Å². The minimum absolute atomic E-state index is 0.0167. The number of nitrogens with zero attached hydrogens (tertiary/aromatic N) is 3. The summed E-state index contributed by atoms with van der Waals surface area (Å²) in [5.74, 6) is 0.338. The van der Waals surface area contributed by atoms with Crippen LogP contribution in [0.3, 0.4) is 0 Å². The standard InChI is InChI=1S/C11H19N5O/c1-8-7-15(2)4-3-5-16(8)11(17)9-6-10(12)14-13-9/h6,8H,3-5,7H2,1-2H3,(H3,12,13,14). The van der Waals surface area contributed by atoms with Crippen molar-refractivity contribution in [3.05, 3.63) is 11.8 Å². The molecule has 1 saturated heterocycles. The van der Waals surface area contributed by atoms with Crippen LogP contribution in [0.2, 0.25) is 0 Å². The maximum absolute atomic E-state index is 12.3. The van der Waals surface area contributed by atoms with Crippen LogP contribution in [0.25, 0.3) is 0 Å². The van der Waals surface area contributed by atoms with E-state index in [1.165, 1.54) is 0 Å². The predicted molar refractivity (Wildman–Crippen MR) is 65.6 cm³/mol. The highest BCUT2D eigenvalue weighted by molar-refractivity contribution is 5.93. The maximum Gasteiger partial charge on any atom is 0.272 e. The van der Waals surface area contributed by atoms with Crippen LogP contribution in [0.1, 0.15) is 23.8 Å². The average molecular weight is 237 g/mol. The number of aromatic nitrogens is 2. The number of amides is 1.